The molecule has 6 heteroatoms. The lowest BCUT2D eigenvalue weighted by atomic mass is 10.1. The number of hydrogen-bond donors (Lipinski definition) is 1. The molecule has 0 amide bonds. The molecule has 2 N–H and O–H groups in total. The molecule has 0 aromatic heterocycles. The average Bonchev–Trinajstić information content (AvgIpc) is 1.98. The minimum absolute atomic E-state index is 0.452. The van der Waals surface area contributed by atoms with Gasteiger partial charge < -0.3 is 5.73 Å². The fraction of sp³-hybridized carbons (Fsp3) is 0.333. The van der Waals surface area contributed by atoms with Gasteiger partial charge in [-0.15, -0.1) is 0 Å². The van der Waals surface area contributed by atoms with Gasteiger partial charge in [0.05, 0.1) is 6.42 Å². The number of benzene rings is 1. The summed E-state index contributed by atoms with van der Waals surface area (Å²) in [5, 5.41) is 0. The molecule has 0 saturated carbocycles. The van der Waals surface area contributed by atoms with Crippen LogP contribution in [0.15, 0.2) is 27.1 Å². The highest BCUT2D eigenvalue weighted by atomic mass is 79.9. The van der Waals surface area contributed by atoms with Crippen LogP contribution in [0.25, 0.3) is 0 Å². The van der Waals surface area contributed by atoms with Crippen molar-refractivity contribution in [3.05, 3.63) is 32.7 Å². The van der Waals surface area contributed by atoms with E-state index in [-0.39, 0.29) is 0 Å². The van der Waals surface area contributed by atoms with Gasteiger partial charge in [-0.1, -0.05) is 31.9 Å². The van der Waals surface area contributed by atoms with Crippen LogP contribution in [-0.4, -0.2) is 6.18 Å². The molecule has 0 saturated heterocycles. The van der Waals surface area contributed by atoms with Crippen LogP contribution in [-0.2, 0) is 0 Å². The van der Waals surface area contributed by atoms with E-state index in [0.717, 1.165) is 0 Å². The van der Waals surface area contributed by atoms with E-state index in [2.05, 4.69) is 31.9 Å². The maximum atomic E-state index is 12.1. The molecule has 0 aliphatic rings. The van der Waals surface area contributed by atoms with Gasteiger partial charge in [-0.2, -0.15) is 13.2 Å². The molecule has 0 heterocycles. The molecular weight excluding hydrogens is 339 g/mol. The van der Waals surface area contributed by atoms with Crippen molar-refractivity contribution in [3.63, 3.8) is 0 Å². The number of rotatable bonds is 2. The van der Waals surface area contributed by atoms with E-state index in [1.165, 1.54) is 0 Å². The van der Waals surface area contributed by atoms with E-state index in [4.69, 9.17) is 5.73 Å². The summed E-state index contributed by atoms with van der Waals surface area (Å²) in [6.45, 7) is 0. The SMILES string of the molecule is N[C@H](CC(F)(F)F)c1cc(Br)cc(Br)c1. The van der Waals surface area contributed by atoms with E-state index in [0.29, 0.717) is 14.5 Å². The Morgan fingerprint density at radius 1 is 1.13 bits per heavy atom. The van der Waals surface area contributed by atoms with Gasteiger partial charge in [-0.25, -0.2) is 0 Å². The molecule has 1 atom stereocenters. The molecule has 0 unspecified atom stereocenters. The molecule has 84 valence electrons. The first-order chi connectivity index (χ1) is 6.78. The van der Waals surface area contributed by atoms with Gasteiger partial charge in [0.2, 0.25) is 0 Å². The standard InChI is InChI=1S/C9H8Br2F3N/c10-6-1-5(2-7(11)3-6)8(15)4-9(12,13)14/h1-3,8H,4,15H2/t8-/m1/s1. The van der Waals surface area contributed by atoms with Crippen molar-refractivity contribution in [2.75, 3.05) is 0 Å². The Morgan fingerprint density at radius 3 is 2.00 bits per heavy atom. The molecule has 0 radical (unpaired) electrons. The summed E-state index contributed by atoms with van der Waals surface area (Å²) in [5.41, 5.74) is 5.91. The first-order valence-corrected chi connectivity index (χ1v) is 5.65. The average molecular weight is 347 g/mol. The zero-order chi connectivity index (χ0) is 11.6. The second-order valence-corrected chi connectivity index (χ2v) is 4.96. The summed E-state index contributed by atoms with van der Waals surface area (Å²) in [6, 6.07) is 3.88. The molecule has 0 aliphatic carbocycles. The van der Waals surface area contributed by atoms with Crippen molar-refractivity contribution >= 4 is 31.9 Å². The molecule has 0 fully saturated rings. The van der Waals surface area contributed by atoms with E-state index < -0.39 is 18.6 Å². The minimum atomic E-state index is -4.24. The van der Waals surface area contributed by atoms with Crippen LogP contribution in [0.1, 0.15) is 18.0 Å². The third kappa shape index (κ3) is 4.53. The van der Waals surface area contributed by atoms with Gasteiger partial charge >= 0.3 is 6.18 Å². The summed E-state index contributed by atoms with van der Waals surface area (Å²) >= 11 is 6.39. The maximum Gasteiger partial charge on any atom is 0.390 e. The van der Waals surface area contributed by atoms with Crippen molar-refractivity contribution in [1.29, 1.82) is 0 Å². The van der Waals surface area contributed by atoms with Crippen LogP contribution in [0.2, 0.25) is 0 Å². The third-order valence-corrected chi connectivity index (χ3v) is 2.68. The van der Waals surface area contributed by atoms with Crippen LogP contribution in [0.5, 0.6) is 0 Å². The van der Waals surface area contributed by atoms with Crippen LogP contribution >= 0.6 is 31.9 Å². The lowest BCUT2D eigenvalue weighted by molar-refractivity contribution is -0.138. The highest BCUT2D eigenvalue weighted by Gasteiger charge is 2.31. The van der Waals surface area contributed by atoms with Crippen molar-refractivity contribution < 1.29 is 13.2 Å². The van der Waals surface area contributed by atoms with E-state index in [1.807, 2.05) is 0 Å². The predicted molar refractivity (Wildman–Crippen MR) is 59.4 cm³/mol. The molecule has 0 aliphatic heterocycles. The Hall–Kier alpha value is -0.0700. The van der Waals surface area contributed by atoms with Gasteiger partial charge in [0.25, 0.3) is 0 Å². The molecule has 1 aromatic rings. The zero-order valence-corrected chi connectivity index (χ0v) is 10.7. The smallest absolute Gasteiger partial charge is 0.324 e. The molecule has 1 aromatic carbocycles. The van der Waals surface area contributed by atoms with Crippen LogP contribution in [0.3, 0.4) is 0 Å². The molecule has 1 rings (SSSR count). The maximum absolute atomic E-state index is 12.1. The first-order valence-electron chi connectivity index (χ1n) is 4.06. The number of halogens is 5. The van der Waals surface area contributed by atoms with Gasteiger partial charge in [-0.3, -0.25) is 0 Å². The fourth-order valence-electron chi connectivity index (χ4n) is 1.16. The lowest BCUT2D eigenvalue weighted by Gasteiger charge is -2.15. The first kappa shape index (κ1) is 13.0. The van der Waals surface area contributed by atoms with Crippen LogP contribution < -0.4 is 5.73 Å². The van der Waals surface area contributed by atoms with Gasteiger partial charge in [0.15, 0.2) is 0 Å². The Balaban J connectivity index is 2.86. The second-order valence-electron chi connectivity index (χ2n) is 3.13. The Bertz CT molecular complexity index is 331. The lowest BCUT2D eigenvalue weighted by Crippen LogP contribution is -2.20. The highest BCUT2D eigenvalue weighted by Crippen LogP contribution is 2.30. The van der Waals surface area contributed by atoms with Gasteiger partial charge in [-0.05, 0) is 23.8 Å². The summed E-state index contributed by atoms with van der Waals surface area (Å²) < 4.78 is 37.7. The van der Waals surface area contributed by atoms with Gasteiger partial charge in [0.1, 0.15) is 0 Å². The van der Waals surface area contributed by atoms with E-state index in [1.54, 1.807) is 18.2 Å². The summed E-state index contributed by atoms with van der Waals surface area (Å²) in [6.07, 6.45) is -5.26. The number of alkyl halides is 3. The largest absolute Gasteiger partial charge is 0.390 e. The van der Waals surface area contributed by atoms with Crippen molar-refractivity contribution in [2.24, 2.45) is 5.73 Å². The molecular formula is C9H8Br2F3N. The second kappa shape index (κ2) is 4.84. The molecule has 1 nitrogen and oxygen atoms in total. The van der Waals surface area contributed by atoms with Gasteiger partial charge in [0, 0.05) is 15.0 Å². The van der Waals surface area contributed by atoms with Crippen LogP contribution in [0.4, 0.5) is 13.2 Å². The summed E-state index contributed by atoms with van der Waals surface area (Å²) in [4.78, 5) is 0. The Kier molecular flexibility index (Phi) is 4.20. The quantitative estimate of drug-likeness (QED) is 0.854. The Labute approximate surface area is 102 Å². The summed E-state index contributed by atoms with van der Waals surface area (Å²) in [5.74, 6) is 0. The van der Waals surface area contributed by atoms with E-state index in [9.17, 15) is 13.2 Å². The zero-order valence-electron chi connectivity index (χ0n) is 7.48. The van der Waals surface area contributed by atoms with Crippen LogP contribution in [0, 0.1) is 0 Å². The summed E-state index contributed by atoms with van der Waals surface area (Å²) in [7, 11) is 0. The highest BCUT2D eigenvalue weighted by molar-refractivity contribution is 9.11. The number of hydrogen-bond acceptors (Lipinski definition) is 1. The normalized spacial score (nSPS) is 14.0. The van der Waals surface area contributed by atoms with Crippen molar-refractivity contribution in [3.8, 4) is 0 Å². The fourth-order valence-corrected chi connectivity index (χ4v) is 2.49. The minimum Gasteiger partial charge on any atom is -0.324 e. The monoisotopic (exact) mass is 345 g/mol. The molecule has 15 heavy (non-hydrogen) atoms. The number of nitrogens with two attached hydrogens (primary N) is 1. The molecule has 0 bridgehead atoms. The van der Waals surface area contributed by atoms with Crippen molar-refractivity contribution in [1.82, 2.24) is 0 Å². The Morgan fingerprint density at radius 2 is 1.60 bits per heavy atom. The van der Waals surface area contributed by atoms with Crippen molar-refractivity contribution in [2.45, 2.75) is 18.6 Å². The van der Waals surface area contributed by atoms with E-state index >= 15 is 0 Å². The third-order valence-electron chi connectivity index (χ3n) is 1.76. The topological polar surface area (TPSA) is 26.0 Å². The molecule has 0 spiro atoms. The predicted octanol–water partition coefficient (Wildman–Crippen LogP) is 4.16.